The third-order valence-corrected chi connectivity index (χ3v) is 5.40. The number of amides is 1. The van der Waals surface area contributed by atoms with Crippen LogP contribution >= 0.6 is 0 Å². The smallest absolute Gasteiger partial charge is 0.287 e. The number of hydrogen-bond acceptors (Lipinski definition) is 3. The fourth-order valence-corrected chi connectivity index (χ4v) is 3.21. The van der Waals surface area contributed by atoms with E-state index >= 15 is 0 Å². The number of nitrogens with one attached hydrogen (secondary N) is 1. The molecule has 0 aliphatic rings. The van der Waals surface area contributed by atoms with Gasteiger partial charge in [-0.05, 0) is 43.0 Å². The molecule has 1 heterocycles. The first-order chi connectivity index (χ1) is 14.4. The van der Waals surface area contributed by atoms with Gasteiger partial charge in [-0.1, -0.05) is 74.0 Å². The van der Waals surface area contributed by atoms with Crippen LogP contribution < -0.4 is 5.32 Å². The monoisotopic (exact) mass is 404 g/mol. The fraction of sp³-hybridized carbons (Fsp3) is 0.346. The van der Waals surface area contributed by atoms with Gasteiger partial charge >= 0.3 is 0 Å². The van der Waals surface area contributed by atoms with Gasteiger partial charge in [0.1, 0.15) is 5.76 Å². The van der Waals surface area contributed by atoms with Crippen LogP contribution in [0.25, 0.3) is 0 Å². The highest BCUT2D eigenvalue weighted by molar-refractivity contribution is 5.91. The summed E-state index contributed by atoms with van der Waals surface area (Å²) in [4.78, 5) is 14.8. The summed E-state index contributed by atoms with van der Waals surface area (Å²) in [6, 6.07) is 22.8. The van der Waals surface area contributed by atoms with E-state index in [1.165, 1.54) is 16.7 Å². The second-order valence-electron chi connectivity index (χ2n) is 8.39. The molecule has 1 atom stereocenters. The van der Waals surface area contributed by atoms with Crippen LogP contribution in [-0.2, 0) is 19.6 Å². The predicted octanol–water partition coefficient (Wildman–Crippen LogP) is 5.56. The lowest BCUT2D eigenvalue weighted by molar-refractivity contribution is 0.0898. The summed E-state index contributed by atoms with van der Waals surface area (Å²) in [6.07, 6.45) is 0. The lowest BCUT2D eigenvalue weighted by atomic mass is 10.1. The Bertz CT molecular complexity index is 929. The van der Waals surface area contributed by atoms with Crippen molar-refractivity contribution in [1.29, 1.82) is 0 Å². The lowest BCUT2D eigenvalue weighted by Crippen LogP contribution is -2.35. The Balaban J connectivity index is 1.71. The molecule has 0 fully saturated rings. The molecule has 0 spiro atoms. The number of aryl methyl sites for hydroxylation is 1. The standard InChI is InChI=1S/C26H32N2O2/c1-19(2)21(4)27-26(29)25-15-14-24(30-25)18-28(16-22-8-6-5-7-9-22)17-23-12-10-20(3)11-13-23/h5-15,19,21H,16-18H2,1-4H3,(H,27,29). The predicted molar refractivity (Wildman–Crippen MR) is 121 cm³/mol. The van der Waals surface area contributed by atoms with Crippen LogP contribution in [0.4, 0.5) is 0 Å². The van der Waals surface area contributed by atoms with E-state index in [0.29, 0.717) is 18.2 Å². The quantitative estimate of drug-likeness (QED) is 0.507. The maximum absolute atomic E-state index is 12.5. The van der Waals surface area contributed by atoms with Crippen molar-refractivity contribution >= 4 is 5.91 Å². The second-order valence-corrected chi connectivity index (χ2v) is 8.39. The Morgan fingerprint density at radius 3 is 2.13 bits per heavy atom. The molecule has 0 radical (unpaired) electrons. The molecule has 0 bridgehead atoms. The van der Waals surface area contributed by atoms with Crippen molar-refractivity contribution in [1.82, 2.24) is 10.2 Å². The minimum atomic E-state index is -0.157. The molecule has 2 aromatic carbocycles. The van der Waals surface area contributed by atoms with Crippen LogP contribution in [0.1, 0.15) is 53.8 Å². The van der Waals surface area contributed by atoms with Crippen molar-refractivity contribution in [3.63, 3.8) is 0 Å². The molecule has 0 saturated heterocycles. The van der Waals surface area contributed by atoms with E-state index in [1.54, 1.807) is 6.07 Å². The first-order valence-corrected chi connectivity index (χ1v) is 10.6. The molecule has 3 aromatic rings. The summed E-state index contributed by atoms with van der Waals surface area (Å²) < 4.78 is 5.90. The second kappa shape index (κ2) is 10.3. The first-order valence-electron chi connectivity index (χ1n) is 10.6. The molecule has 1 N–H and O–H groups in total. The number of rotatable bonds is 9. The van der Waals surface area contributed by atoms with Gasteiger partial charge in [-0.15, -0.1) is 0 Å². The Kier molecular flexibility index (Phi) is 7.47. The molecule has 4 heteroatoms. The number of nitrogens with zero attached hydrogens (tertiary/aromatic N) is 1. The highest BCUT2D eigenvalue weighted by atomic mass is 16.4. The maximum atomic E-state index is 12.5. The van der Waals surface area contributed by atoms with Crippen molar-refractivity contribution in [3.8, 4) is 0 Å². The molecular weight excluding hydrogens is 372 g/mol. The zero-order valence-electron chi connectivity index (χ0n) is 18.4. The first kappa shape index (κ1) is 21.8. The van der Waals surface area contributed by atoms with Gasteiger partial charge in [0.2, 0.25) is 0 Å². The Morgan fingerprint density at radius 2 is 1.50 bits per heavy atom. The zero-order valence-corrected chi connectivity index (χ0v) is 18.4. The van der Waals surface area contributed by atoms with Gasteiger partial charge in [-0.3, -0.25) is 9.69 Å². The average Bonchev–Trinajstić information content (AvgIpc) is 3.19. The van der Waals surface area contributed by atoms with E-state index in [0.717, 1.165) is 18.8 Å². The molecule has 0 saturated carbocycles. The van der Waals surface area contributed by atoms with Gasteiger partial charge in [-0.25, -0.2) is 0 Å². The van der Waals surface area contributed by atoms with Gasteiger partial charge in [-0.2, -0.15) is 0 Å². The lowest BCUT2D eigenvalue weighted by Gasteiger charge is -2.22. The molecule has 30 heavy (non-hydrogen) atoms. The highest BCUT2D eigenvalue weighted by Crippen LogP contribution is 2.17. The van der Waals surface area contributed by atoms with Crippen LogP contribution in [0.2, 0.25) is 0 Å². The molecule has 0 aliphatic carbocycles. The molecule has 158 valence electrons. The van der Waals surface area contributed by atoms with E-state index in [-0.39, 0.29) is 11.9 Å². The largest absolute Gasteiger partial charge is 0.455 e. The van der Waals surface area contributed by atoms with Crippen molar-refractivity contribution in [2.24, 2.45) is 5.92 Å². The maximum Gasteiger partial charge on any atom is 0.287 e. The minimum Gasteiger partial charge on any atom is -0.455 e. The van der Waals surface area contributed by atoms with Crippen LogP contribution in [0.15, 0.2) is 71.1 Å². The molecule has 0 aliphatic heterocycles. The number of carbonyl (C=O) groups is 1. The van der Waals surface area contributed by atoms with E-state index in [2.05, 4.69) is 79.5 Å². The number of hydrogen-bond donors (Lipinski definition) is 1. The summed E-state index contributed by atoms with van der Waals surface area (Å²) in [5.41, 5.74) is 3.76. The SMILES string of the molecule is Cc1ccc(CN(Cc2ccccc2)Cc2ccc(C(=O)NC(C)C(C)C)o2)cc1. The molecule has 4 nitrogen and oxygen atoms in total. The third kappa shape index (κ3) is 6.33. The highest BCUT2D eigenvalue weighted by Gasteiger charge is 2.17. The molecule has 1 aromatic heterocycles. The minimum absolute atomic E-state index is 0.0992. The summed E-state index contributed by atoms with van der Waals surface area (Å²) in [6.45, 7) is 10.5. The van der Waals surface area contributed by atoms with Crippen LogP contribution in [-0.4, -0.2) is 16.8 Å². The topological polar surface area (TPSA) is 45.5 Å². The van der Waals surface area contributed by atoms with Gasteiger partial charge in [0.05, 0.1) is 6.54 Å². The summed E-state index contributed by atoms with van der Waals surface area (Å²) in [7, 11) is 0. The summed E-state index contributed by atoms with van der Waals surface area (Å²) in [5.74, 6) is 1.38. The molecule has 3 rings (SSSR count). The van der Waals surface area contributed by atoms with Crippen molar-refractivity contribution < 1.29 is 9.21 Å². The molecule has 1 amide bonds. The Hall–Kier alpha value is -2.85. The van der Waals surface area contributed by atoms with Crippen molar-refractivity contribution in [3.05, 3.63) is 94.9 Å². The van der Waals surface area contributed by atoms with Crippen molar-refractivity contribution in [2.75, 3.05) is 0 Å². The number of furan rings is 1. The van der Waals surface area contributed by atoms with E-state index in [1.807, 2.05) is 19.1 Å². The van der Waals surface area contributed by atoms with E-state index in [9.17, 15) is 4.79 Å². The zero-order chi connectivity index (χ0) is 21.5. The third-order valence-electron chi connectivity index (χ3n) is 5.40. The fourth-order valence-electron chi connectivity index (χ4n) is 3.21. The Labute approximate surface area is 179 Å². The van der Waals surface area contributed by atoms with Gasteiger partial charge in [0, 0.05) is 19.1 Å². The van der Waals surface area contributed by atoms with Crippen LogP contribution in [0.3, 0.4) is 0 Å². The van der Waals surface area contributed by atoms with E-state index < -0.39 is 0 Å². The summed E-state index contributed by atoms with van der Waals surface area (Å²) in [5, 5.41) is 3.00. The van der Waals surface area contributed by atoms with Gasteiger partial charge in [0.25, 0.3) is 5.91 Å². The van der Waals surface area contributed by atoms with Gasteiger partial charge < -0.3 is 9.73 Å². The Morgan fingerprint density at radius 1 is 0.867 bits per heavy atom. The average molecular weight is 405 g/mol. The number of carbonyl (C=O) groups excluding carboxylic acids is 1. The van der Waals surface area contributed by atoms with Crippen LogP contribution in [0.5, 0.6) is 0 Å². The molecular formula is C26H32N2O2. The molecule has 1 unspecified atom stereocenters. The van der Waals surface area contributed by atoms with E-state index in [4.69, 9.17) is 4.42 Å². The van der Waals surface area contributed by atoms with Gasteiger partial charge in [0.15, 0.2) is 5.76 Å². The van der Waals surface area contributed by atoms with Crippen molar-refractivity contribution in [2.45, 2.75) is 53.4 Å². The normalized spacial score (nSPS) is 12.3. The number of benzene rings is 2. The van der Waals surface area contributed by atoms with Crippen LogP contribution in [0, 0.1) is 12.8 Å². The summed E-state index contributed by atoms with van der Waals surface area (Å²) >= 11 is 0.